The molecule has 20 heavy (non-hydrogen) atoms. The van der Waals surface area contributed by atoms with Crippen LogP contribution in [0.4, 0.5) is 4.79 Å². The van der Waals surface area contributed by atoms with Crippen molar-refractivity contribution in [2.45, 2.75) is 12.8 Å². The van der Waals surface area contributed by atoms with Crippen molar-refractivity contribution in [1.82, 2.24) is 10.6 Å². The van der Waals surface area contributed by atoms with Crippen molar-refractivity contribution in [2.75, 3.05) is 13.1 Å². The van der Waals surface area contributed by atoms with Gasteiger partial charge in [-0.05, 0) is 25.2 Å². The quantitative estimate of drug-likeness (QED) is 0.385. The van der Waals surface area contributed by atoms with E-state index in [1.807, 2.05) is 12.2 Å². The smallest absolute Gasteiger partial charge is 0.309 e. The van der Waals surface area contributed by atoms with Gasteiger partial charge in [-0.3, -0.25) is 0 Å². The molecular weight excluding hydrogens is 252 g/mol. The number of amides is 2. The minimum atomic E-state index is -0.833. The lowest BCUT2D eigenvalue weighted by atomic mass is 10.3. The van der Waals surface area contributed by atoms with Gasteiger partial charge in [0.2, 0.25) is 0 Å². The molecule has 0 fully saturated rings. The zero-order valence-electron chi connectivity index (χ0n) is 12.2. The number of nitrogens with two attached hydrogens (primary N) is 2. The Morgan fingerprint density at radius 3 is 1.35 bits per heavy atom. The first kappa shape index (κ1) is 22.7. The SMILES string of the molecule is C=CC=CC=C.C=CNCCCCNC=C.NC(N)=O. The molecule has 6 N–H and O–H groups in total. The molecule has 0 aliphatic rings. The third kappa shape index (κ3) is 57.7. The van der Waals surface area contributed by atoms with Crippen LogP contribution >= 0.6 is 0 Å². The number of allylic oxidation sites excluding steroid dienone is 4. The lowest BCUT2D eigenvalue weighted by molar-refractivity contribution is 0.256. The zero-order valence-corrected chi connectivity index (χ0v) is 12.2. The summed E-state index contributed by atoms with van der Waals surface area (Å²) in [6.07, 6.45) is 12.9. The number of carbonyl (C=O) groups excluding carboxylic acids is 1. The Kier molecular flexibility index (Phi) is 28.9. The van der Waals surface area contributed by atoms with Gasteiger partial charge in [0.25, 0.3) is 0 Å². The van der Waals surface area contributed by atoms with Crippen molar-refractivity contribution in [3.8, 4) is 0 Å². The molecule has 0 heterocycles. The number of primary amides is 2. The van der Waals surface area contributed by atoms with Crippen LogP contribution in [0, 0.1) is 0 Å². The molecule has 0 saturated carbocycles. The first-order valence-corrected chi connectivity index (χ1v) is 6.20. The Bertz CT molecular complexity index is 260. The molecule has 0 bridgehead atoms. The molecule has 2 amide bonds. The lowest BCUT2D eigenvalue weighted by Crippen LogP contribution is -2.18. The molecule has 0 radical (unpaired) electrons. The second kappa shape index (κ2) is 25.4. The largest absolute Gasteiger partial charge is 0.391 e. The molecule has 0 spiro atoms. The van der Waals surface area contributed by atoms with Gasteiger partial charge in [-0.1, -0.05) is 50.6 Å². The van der Waals surface area contributed by atoms with Gasteiger partial charge in [0.05, 0.1) is 0 Å². The van der Waals surface area contributed by atoms with E-state index in [0.717, 1.165) is 13.1 Å². The number of unbranched alkanes of at least 4 members (excludes halogenated alkanes) is 1. The van der Waals surface area contributed by atoms with Crippen molar-refractivity contribution in [3.05, 3.63) is 63.0 Å². The molecule has 0 saturated heterocycles. The maximum atomic E-state index is 9.00. The van der Waals surface area contributed by atoms with E-state index in [1.165, 1.54) is 12.8 Å². The highest BCUT2D eigenvalue weighted by molar-refractivity contribution is 5.69. The summed E-state index contributed by atoms with van der Waals surface area (Å²) >= 11 is 0. The Hall–Kier alpha value is -2.43. The normalized spacial score (nSPS) is 8.00. The zero-order chi connectivity index (χ0) is 16.1. The Labute approximate surface area is 122 Å². The van der Waals surface area contributed by atoms with E-state index in [4.69, 9.17) is 4.79 Å². The fraction of sp³-hybridized carbons (Fsp3) is 0.267. The summed E-state index contributed by atoms with van der Waals surface area (Å²) < 4.78 is 0. The van der Waals surface area contributed by atoms with Gasteiger partial charge in [0.15, 0.2) is 0 Å². The third-order valence-electron chi connectivity index (χ3n) is 1.56. The Morgan fingerprint density at radius 1 is 0.850 bits per heavy atom. The molecule has 0 aromatic carbocycles. The van der Waals surface area contributed by atoms with Crippen LogP contribution in [0.3, 0.4) is 0 Å². The van der Waals surface area contributed by atoms with Gasteiger partial charge in [-0.25, -0.2) is 4.79 Å². The van der Waals surface area contributed by atoms with Gasteiger partial charge in [0, 0.05) is 13.1 Å². The second-order valence-electron chi connectivity index (χ2n) is 3.28. The minimum absolute atomic E-state index is 0.833. The van der Waals surface area contributed by atoms with Crippen molar-refractivity contribution < 1.29 is 4.79 Å². The van der Waals surface area contributed by atoms with Crippen LogP contribution in [-0.2, 0) is 0 Å². The fourth-order valence-electron chi connectivity index (χ4n) is 0.815. The van der Waals surface area contributed by atoms with Crippen LogP contribution in [0.1, 0.15) is 12.8 Å². The monoisotopic (exact) mass is 280 g/mol. The van der Waals surface area contributed by atoms with Crippen molar-refractivity contribution in [3.63, 3.8) is 0 Å². The van der Waals surface area contributed by atoms with E-state index >= 15 is 0 Å². The number of nitrogens with one attached hydrogen (secondary N) is 2. The van der Waals surface area contributed by atoms with Gasteiger partial charge in [-0.2, -0.15) is 0 Å². The molecule has 0 unspecified atom stereocenters. The summed E-state index contributed by atoms with van der Waals surface area (Å²) in [5.74, 6) is 0. The molecule has 5 nitrogen and oxygen atoms in total. The maximum absolute atomic E-state index is 9.00. The summed E-state index contributed by atoms with van der Waals surface area (Å²) in [7, 11) is 0. The van der Waals surface area contributed by atoms with Crippen LogP contribution in [0.5, 0.6) is 0 Å². The first-order valence-electron chi connectivity index (χ1n) is 6.20. The van der Waals surface area contributed by atoms with Crippen LogP contribution in [0.25, 0.3) is 0 Å². The fourth-order valence-corrected chi connectivity index (χ4v) is 0.815. The molecule has 0 aromatic heterocycles. The highest BCUT2D eigenvalue weighted by atomic mass is 16.2. The summed E-state index contributed by atoms with van der Waals surface area (Å²) in [5.41, 5.74) is 8.50. The summed E-state index contributed by atoms with van der Waals surface area (Å²) in [6, 6.07) is -0.833. The number of urea groups is 1. The Morgan fingerprint density at radius 2 is 1.15 bits per heavy atom. The minimum Gasteiger partial charge on any atom is -0.391 e. The van der Waals surface area contributed by atoms with Gasteiger partial charge in [0.1, 0.15) is 0 Å². The Balaban J connectivity index is -0.000000246. The highest BCUT2D eigenvalue weighted by Gasteiger charge is 1.83. The predicted octanol–water partition coefficient (Wildman–Crippen LogP) is 2.17. The first-order chi connectivity index (χ1) is 9.56. The number of carbonyl (C=O) groups is 1. The van der Waals surface area contributed by atoms with Crippen LogP contribution in [-0.4, -0.2) is 19.1 Å². The van der Waals surface area contributed by atoms with Crippen LogP contribution in [0.2, 0.25) is 0 Å². The van der Waals surface area contributed by atoms with Gasteiger partial charge in [-0.15, -0.1) is 0 Å². The topological polar surface area (TPSA) is 93.2 Å². The summed E-state index contributed by atoms with van der Waals surface area (Å²) in [6.45, 7) is 16.1. The molecule has 5 heteroatoms. The van der Waals surface area contributed by atoms with E-state index in [1.54, 1.807) is 24.6 Å². The van der Waals surface area contributed by atoms with Gasteiger partial charge < -0.3 is 22.1 Å². The van der Waals surface area contributed by atoms with E-state index in [-0.39, 0.29) is 0 Å². The van der Waals surface area contributed by atoms with Crippen molar-refractivity contribution in [2.24, 2.45) is 11.5 Å². The number of rotatable bonds is 9. The van der Waals surface area contributed by atoms with E-state index < -0.39 is 6.03 Å². The van der Waals surface area contributed by atoms with E-state index in [2.05, 4.69) is 48.4 Å². The standard InChI is InChI=1S/C8H16N2.C6H8.CH4N2O/c1-3-9-7-5-6-8-10-4-2;1-3-5-6-4-2;2-1(3)4/h3-4,9-10H,1-2,5-8H2;3-6H,1-2H2;(H4,2,3,4). The maximum Gasteiger partial charge on any atom is 0.309 e. The van der Waals surface area contributed by atoms with Crippen LogP contribution < -0.4 is 22.1 Å². The molecule has 0 atom stereocenters. The van der Waals surface area contributed by atoms with Crippen molar-refractivity contribution >= 4 is 6.03 Å². The molecule has 0 aliphatic heterocycles. The van der Waals surface area contributed by atoms with Gasteiger partial charge >= 0.3 is 6.03 Å². The molecule has 114 valence electrons. The average molecular weight is 280 g/mol. The third-order valence-corrected chi connectivity index (χ3v) is 1.56. The average Bonchev–Trinajstić information content (AvgIpc) is 2.40. The van der Waals surface area contributed by atoms with E-state index in [0.29, 0.717) is 0 Å². The molecule has 0 rings (SSSR count). The molecule has 0 aliphatic carbocycles. The summed E-state index contributed by atoms with van der Waals surface area (Å²) in [5, 5.41) is 6.07. The predicted molar refractivity (Wildman–Crippen MR) is 88.9 cm³/mol. The lowest BCUT2D eigenvalue weighted by Gasteiger charge is -2.00. The van der Waals surface area contributed by atoms with E-state index in [9.17, 15) is 0 Å². The summed E-state index contributed by atoms with van der Waals surface area (Å²) in [4.78, 5) is 9.00. The highest BCUT2D eigenvalue weighted by Crippen LogP contribution is 1.83. The van der Waals surface area contributed by atoms with Crippen molar-refractivity contribution in [1.29, 1.82) is 0 Å². The molecule has 0 aromatic rings. The van der Waals surface area contributed by atoms with Crippen LogP contribution in [0.15, 0.2) is 63.0 Å². The second-order valence-corrected chi connectivity index (χ2v) is 3.28. The number of hydrogen-bond acceptors (Lipinski definition) is 3. The number of hydrogen-bond donors (Lipinski definition) is 4. The molecular formula is C15H28N4O.